The second-order valence-electron chi connectivity index (χ2n) is 16.3. The minimum atomic E-state index is -1.59. The van der Waals surface area contributed by atoms with Crippen molar-refractivity contribution in [3.63, 3.8) is 0 Å². The van der Waals surface area contributed by atoms with Gasteiger partial charge in [0, 0.05) is 24.2 Å². The summed E-state index contributed by atoms with van der Waals surface area (Å²) in [5.41, 5.74) is 1.85. The maximum Gasteiger partial charge on any atom is 0.331 e. The Morgan fingerprint density at radius 3 is 2.41 bits per heavy atom. The van der Waals surface area contributed by atoms with E-state index < -0.39 is 68.0 Å². The Labute approximate surface area is 286 Å². The van der Waals surface area contributed by atoms with E-state index in [1.807, 2.05) is 0 Å². The lowest BCUT2D eigenvalue weighted by Crippen LogP contribution is -2.64. The number of epoxide rings is 1. The Bertz CT molecular complexity index is 1380. The van der Waals surface area contributed by atoms with E-state index >= 15 is 0 Å². The van der Waals surface area contributed by atoms with Crippen LogP contribution in [0, 0.1) is 22.7 Å². The predicted octanol–water partition coefficient (Wildman–Crippen LogP) is 1.02. The van der Waals surface area contributed by atoms with Gasteiger partial charge in [0.25, 0.3) is 0 Å². The van der Waals surface area contributed by atoms with Gasteiger partial charge in [-0.25, -0.2) is 4.79 Å². The quantitative estimate of drug-likeness (QED) is 0.145. The van der Waals surface area contributed by atoms with Crippen molar-refractivity contribution in [3.8, 4) is 0 Å². The number of ether oxygens (including phenoxy) is 7. The first-order valence-electron chi connectivity index (χ1n) is 18.1. The molecular formula is C36H52O13. The summed E-state index contributed by atoms with van der Waals surface area (Å²) in [6.45, 7) is 6.30. The van der Waals surface area contributed by atoms with E-state index in [0.29, 0.717) is 18.4 Å². The van der Waals surface area contributed by atoms with Gasteiger partial charge < -0.3 is 58.7 Å². The van der Waals surface area contributed by atoms with E-state index in [0.717, 1.165) is 56.9 Å². The molecule has 0 aromatic heterocycles. The second kappa shape index (κ2) is 12.0. The van der Waals surface area contributed by atoms with E-state index in [1.165, 1.54) is 12.7 Å². The fraction of sp³-hybridized carbons (Fsp3) is 0.861. The highest BCUT2D eigenvalue weighted by atomic mass is 16.7. The molecule has 8 aliphatic rings. The molecular weight excluding hydrogens is 640 g/mol. The molecule has 0 unspecified atom stereocenters. The van der Waals surface area contributed by atoms with Gasteiger partial charge in [0.05, 0.1) is 18.8 Å². The molecule has 13 nitrogen and oxygen atoms in total. The fourth-order valence-corrected chi connectivity index (χ4v) is 11.5. The van der Waals surface area contributed by atoms with Gasteiger partial charge >= 0.3 is 5.97 Å². The number of rotatable bonds is 7. The van der Waals surface area contributed by atoms with Crippen molar-refractivity contribution in [2.24, 2.45) is 22.7 Å². The molecule has 0 aromatic carbocycles. The summed E-state index contributed by atoms with van der Waals surface area (Å²) in [5, 5.41) is 51.9. The lowest BCUT2D eigenvalue weighted by molar-refractivity contribution is -0.362. The Morgan fingerprint density at radius 2 is 1.69 bits per heavy atom. The van der Waals surface area contributed by atoms with Crippen molar-refractivity contribution in [2.45, 2.75) is 151 Å². The topological polar surface area (TPSA) is 186 Å². The SMILES string of the molecule is CO[C@@H]1[C@@H](O)[C@H](O[C@H]2CC[C@@]3(C)[C@H](CC[C@@]45O[C@@]46CC=C(C4=CC(=O)OC4)[C@@]6(C)CC[C@H]35)C2)O[C@H](C)[C@@H]1O[C@@H]1O[C@H](CO)[C@@H](O)[C@H](O)[C@H]1O. The Hall–Kier alpha value is -1.49. The third-order valence-electron chi connectivity index (χ3n) is 14.2. The van der Waals surface area contributed by atoms with Crippen LogP contribution >= 0.6 is 0 Å². The van der Waals surface area contributed by atoms with Gasteiger partial charge in [-0.2, -0.15) is 0 Å². The zero-order chi connectivity index (χ0) is 34.7. The number of esters is 1. The lowest BCUT2D eigenvalue weighted by Gasteiger charge is -2.58. The summed E-state index contributed by atoms with van der Waals surface area (Å²) < 4.78 is 42.2. The van der Waals surface area contributed by atoms with Gasteiger partial charge in [-0.3, -0.25) is 0 Å². The minimum absolute atomic E-state index is 0.0934. The van der Waals surface area contributed by atoms with Gasteiger partial charge in [0.2, 0.25) is 0 Å². The van der Waals surface area contributed by atoms with Crippen molar-refractivity contribution < 1.29 is 63.5 Å². The predicted molar refractivity (Wildman–Crippen MR) is 168 cm³/mol. The molecule has 4 aliphatic carbocycles. The summed E-state index contributed by atoms with van der Waals surface area (Å²) >= 11 is 0. The molecule has 49 heavy (non-hydrogen) atoms. The standard InChI is InChI=1S/C36H52O13/c1-17-29(48-31-27(41)26(40)25(39)22(15-37)47-31)30(43-4)28(42)32(45-17)46-20-6-9-33(2)19(14-20)5-11-35-23(33)8-10-34(3)21(7-12-36(34,35)49-35)18-13-24(38)44-16-18/h7,13,17,19-20,22-23,25-32,37,39-42H,5-6,8-12,14-16H2,1-4H3/t17-,19-,20+,22-,23-,25-,26+,27-,28-,29+,30-,31+,32+,33+,34-,35+,36-/m1/s1. The number of carbonyl (C=O) groups excluding carboxylic acids is 1. The van der Waals surface area contributed by atoms with Crippen LogP contribution < -0.4 is 0 Å². The van der Waals surface area contributed by atoms with E-state index in [2.05, 4.69) is 19.9 Å². The molecule has 0 radical (unpaired) electrons. The molecule has 17 atom stereocenters. The molecule has 6 fully saturated rings. The Morgan fingerprint density at radius 1 is 0.918 bits per heavy atom. The van der Waals surface area contributed by atoms with Crippen LogP contribution in [0.3, 0.4) is 0 Å². The molecule has 4 aliphatic heterocycles. The summed E-state index contributed by atoms with van der Waals surface area (Å²) in [5.74, 6) is 0.612. The number of methoxy groups -OCH3 is 1. The maximum absolute atomic E-state index is 11.9. The van der Waals surface area contributed by atoms with Crippen LogP contribution in [-0.4, -0.2) is 131 Å². The molecule has 8 rings (SSSR count). The summed E-state index contributed by atoms with van der Waals surface area (Å²) in [6, 6.07) is 0. The highest BCUT2D eigenvalue weighted by Gasteiger charge is 2.85. The zero-order valence-corrected chi connectivity index (χ0v) is 28.7. The minimum Gasteiger partial charge on any atom is -0.458 e. The number of carbonyl (C=O) groups is 1. The van der Waals surface area contributed by atoms with Crippen LogP contribution in [0.15, 0.2) is 23.3 Å². The van der Waals surface area contributed by atoms with E-state index in [-0.39, 0.29) is 34.1 Å². The fourth-order valence-electron chi connectivity index (χ4n) is 11.5. The van der Waals surface area contributed by atoms with Crippen LogP contribution in [0.2, 0.25) is 0 Å². The van der Waals surface area contributed by atoms with Crippen molar-refractivity contribution in [1.29, 1.82) is 0 Å². The molecule has 274 valence electrons. The van der Waals surface area contributed by atoms with Gasteiger partial charge in [-0.05, 0) is 81.1 Å². The molecule has 0 aromatic rings. The highest BCUT2D eigenvalue weighted by Crippen LogP contribution is 2.80. The van der Waals surface area contributed by atoms with Gasteiger partial charge in [-0.1, -0.05) is 19.9 Å². The van der Waals surface area contributed by atoms with Crippen LogP contribution in [0.25, 0.3) is 0 Å². The number of aliphatic hydroxyl groups is 5. The molecule has 13 heteroatoms. The first-order chi connectivity index (χ1) is 23.3. The Balaban J connectivity index is 0.917. The van der Waals surface area contributed by atoms with Crippen LogP contribution in [0.1, 0.15) is 72.1 Å². The van der Waals surface area contributed by atoms with Crippen LogP contribution in [0.5, 0.6) is 0 Å². The molecule has 2 spiro atoms. The number of aliphatic hydroxyl groups excluding tert-OH is 5. The zero-order valence-electron chi connectivity index (χ0n) is 28.7. The van der Waals surface area contributed by atoms with Gasteiger partial charge in [0.15, 0.2) is 12.6 Å². The van der Waals surface area contributed by atoms with Gasteiger partial charge in [0.1, 0.15) is 60.5 Å². The summed E-state index contributed by atoms with van der Waals surface area (Å²) in [4.78, 5) is 11.9. The Kier molecular flexibility index (Phi) is 8.49. The van der Waals surface area contributed by atoms with E-state index in [9.17, 15) is 30.3 Å². The molecule has 5 N–H and O–H groups in total. The first kappa shape index (κ1) is 34.6. The van der Waals surface area contributed by atoms with Gasteiger partial charge in [-0.15, -0.1) is 0 Å². The third kappa shape index (κ3) is 4.87. The van der Waals surface area contributed by atoms with Crippen molar-refractivity contribution >= 4 is 5.97 Å². The number of fused-ring (bicyclic) bond motifs is 2. The van der Waals surface area contributed by atoms with E-state index in [1.54, 1.807) is 13.0 Å². The van der Waals surface area contributed by atoms with Crippen LogP contribution in [-0.2, 0) is 38.0 Å². The molecule has 4 heterocycles. The molecule has 0 amide bonds. The van der Waals surface area contributed by atoms with E-state index in [4.69, 9.17) is 33.2 Å². The van der Waals surface area contributed by atoms with Crippen molar-refractivity contribution in [3.05, 3.63) is 23.3 Å². The number of hydrogen-bond donors (Lipinski definition) is 5. The van der Waals surface area contributed by atoms with Crippen molar-refractivity contribution in [1.82, 2.24) is 0 Å². The monoisotopic (exact) mass is 692 g/mol. The molecule has 3 saturated heterocycles. The maximum atomic E-state index is 11.9. The molecule has 0 bridgehead atoms. The third-order valence-corrected chi connectivity index (χ3v) is 14.2. The normalized spacial score (nSPS) is 55.0. The summed E-state index contributed by atoms with van der Waals surface area (Å²) in [6.07, 6.45) is -0.346. The highest BCUT2D eigenvalue weighted by molar-refractivity contribution is 5.87. The average Bonchev–Trinajstić information content (AvgIpc) is 3.39. The lowest BCUT2D eigenvalue weighted by atomic mass is 9.44. The second-order valence-corrected chi connectivity index (χ2v) is 16.3. The number of hydrogen-bond acceptors (Lipinski definition) is 13. The average molecular weight is 693 g/mol. The van der Waals surface area contributed by atoms with Crippen molar-refractivity contribution in [2.75, 3.05) is 20.3 Å². The van der Waals surface area contributed by atoms with Crippen LogP contribution in [0.4, 0.5) is 0 Å². The largest absolute Gasteiger partial charge is 0.458 e. The molecule has 3 saturated carbocycles. The summed E-state index contributed by atoms with van der Waals surface area (Å²) in [7, 11) is 1.44. The smallest absolute Gasteiger partial charge is 0.331 e. The number of cyclic esters (lactones) is 1. The first-order valence-corrected chi connectivity index (χ1v) is 18.1.